The zero-order chi connectivity index (χ0) is 28.1. The van der Waals surface area contributed by atoms with Crippen molar-refractivity contribution in [2.75, 3.05) is 17.3 Å². The van der Waals surface area contributed by atoms with Crippen LogP contribution in [-0.2, 0) is 0 Å². The second-order valence-corrected chi connectivity index (χ2v) is 10.3. The summed E-state index contributed by atoms with van der Waals surface area (Å²) in [5, 5.41) is 6.04. The van der Waals surface area contributed by atoms with E-state index in [0.29, 0.717) is 0 Å². The summed E-state index contributed by atoms with van der Waals surface area (Å²) < 4.78 is 0. The highest BCUT2D eigenvalue weighted by molar-refractivity contribution is 6.10. The number of nitrogens with zero attached hydrogens (tertiary/aromatic N) is 2. The van der Waals surface area contributed by atoms with Crippen LogP contribution in [0.4, 0.5) is 17.1 Å². The van der Waals surface area contributed by atoms with Crippen molar-refractivity contribution in [3.05, 3.63) is 151 Å². The molecule has 0 saturated heterocycles. The molecule has 5 rings (SSSR count). The molecule has 2 unspecified atom stereocenters. The minimum Gasteiger partial charge on any atom is -0.353 e. The smallest absolute Gasteiger partial charge is 0.0969 e. The highest BCUT2D eigenvalue weighted by Crippen LogP contribution is 2.42. The zero-order valence-electron chi connectivity index (χ0n) is 23.5. The van der Waals surface area contributed by atoms with Crippen molar-refractivity contribution in [1.82, 2.24) is 0 Å². The summed E-state index contributed by atoms with van der Waals surface area (Å²) in [5.41, 5.74) is 8.58. The van der Waals surface area contributed by atoms with Crippen molar-refractivity contribution in [2.24, 2.45) is 4.99 Å². The van der Waals surface area contributed by atoms with E-state index < -0.39 is 0 Å². The number of para-hydroxylation sites is 1. The SMILES string of the molecule is C=CC1=NC(C(=C)N(C)c2ccc3ccccc3c2Nc2ccccc2)C(CCC(=C)/C=C\C)c2ccccc21. The largest absolute Gasteiger partial charge is 0.353 e. The molecule has 40 heavy (non-hydrogen) atoms. The molecular weight excluding hydrogens is 486 g/mol. The number of likely N-dealkylation sites (N-methyl/N-ethyl adjacent to an activating group) is 1. The van der Waals surface area contributed by atoms with Gasteiger partial charge in [0.05, 0.1) is 23.1 Å². The predicted molar refractivity (Wildman–Crippen MR) is 174 cm³/mol. The van der Waals surface area contributed by atoms with Gasteiger partial charge in [-0.1, -0.05) is 110 Å². The molecule has 1 N–H and O–H groups in total. The lowest BCUT2D eigenvalue weighted by Gasteiger charge is -2.37. The summed E-state index contributed by atoms with van der Waals surface area (Å²) in [6.07, 6.45) is 7.84. The molecule has 200 valence electrons. The predicted octanol–water partition coefficient (Wildman–Crippen LogP) is 9.59. The van der Waals surface area contributed by atoms with Crippen LogP contribution in [0.1, 0.15) is 36.8 Å². The van der Waals surface area contributed by atoms with Gasteiger partial charge >= 0.3 is 0 Å². The Morgan fingerprint density at radius 1 is 0.925 bits per heavy atom. The molecule has 0 aliphatic carbocycles. The van der Waals surface area contributed by atoms with Gasteiger partial charge in [-0.3, -0.25) is 4.99 Å². The Bertz CT molecular complexity index is 1610. The highest BCUT2D eigenvalue weighted by Gasteiger charge is 2.33. The molecular formula is C37H37N3. The molecule has 1 aliphatic heterocycles. The minimum atomic E-state index is -0.137. The first-order chi connectivity index (χ1) is 19.5. The van der Waals surface area contributed by atoms with Gasteiger partial charge in [-0.25, -0.2) is 0 Å². The van der Waals surface area contributed by atoms with Gasteiger partial charge in [-0.15, -0.1) is 0 Å². The third-order valence-corrected chi connectivity index (χ3v) is 7.75. The topological polar surface area (TPSA) is 27.6 Å². The number of aliphatic imine (C=N–C) groups is 1. The number of allylic oxidation sites excluding steroid dienone is 4. The maximum atomic E-state index is 5.26. The molecule has 0 amide bonds. The van der Waals surface area contributed by atoms with Crippen LogP contribution in [-0.4, -0.2) is 18.8 Å². The van der Waals surface area contributed by atoms with Gasteiger partial charge in [0.1, 0.15) is 0 Å². The summed E-state index contributed by atoms with van der Waals surface area (Å²) in [7, 11) is 2.10. The van der Waals surface area contributed by atoms with E-state index >= 15 is 0 Å². The summed E-state index contributed by atoms with van der Waals surface area (Å²) in [6, 6.07) is 31.6. The molecule has 0 saturated carbocycles. The minimum absolute atomic E-state index is 0.137. The average Bonchev–Trinajstić information content (AvgIpc) is 2.99. The molecule has 4 aromatic carbocycles. The van der Waals surface area contributed by atoms with E-state index in [0.717, 1.165) is 57.8 Å². The Morgan fingerprint density at radius 2 is 1.65 bits per heavy atom. The standard InChI is InChI=1S/C37H37N3/c1-6-15-26(3)22-24-33-31-20-13-14-21-32(31)34(7-2)39-36(33)27(4)40(5)35-25-23-28-16-11-12-19-30(28)37(35)38-29-17-9-8-10-18-29/h6-21,23,25,33,36,38H,2-4,22,24H2,1,5H3/b15-6-. The number of hydrogen-bond acceptors (Lipinski definition) is 3. The molecule has 4 aromatic rings. The third-order valence-electron chi connectivity index (χ3n) is 7.75. The second kappa shape index (κ2) is 12.0. The lowest BCUT2D eigenvalue weighted by Crippen LogP contribution is -2.34. The lowest BCUT2D eigenvalue weighted by atomic mass is 9.79. The number of anilines is 3. The normalized spacial score (nSPS) is 16.3. The van der Waals surface area contributed by atoms with E-state index in [1.54, 1.807) is 0 Å². The first kappa shape index (κ1) is 27.0. The number of fused-ring (bicyclic) bond motifs is 2. The van der Waals surface area contributed by atoms with Gasteiger partial charge in [0.2, 0.25) is 0 Å². The van der Waals surface area contributed by atoms with E-state index in [2.05, 4.69) is 122 Å². The van der Waals surface area contributed by atoms with E-state index in [-0.39, 0.29) is 12.0 Å². The first-order valence-corrected chi connectivity index (χ1v) is 13.9. The zero-order valence-corrected chi connectivity index (χ0v) is 23.5. The van der Waals surface area contributed by atoms with E-state index in [1.165, 1.54) is 10.9 Å². The highest BCUT2D eigenvalue weighted by atomic mass is 15.2. The van der Waals surface area contributed by atoms with Crippen LogP contribution in [0.15, 0.2) is 145 Å². The number of benzene rings is 4. The summed E-state index contributed by atoms with van der Waals surface area (Å²) in [4.78, 5) is 7.46. The van der Waals surface area contributed by atoms with E-state index in [9.17, 15) is 0 Å². The Hall–Kier alpha value is -4.63. The van der Waals surface area contributed by atoms with Crippen LogP contribution >= 0.6 is 0 Å². The van der Waals surface area contributed by atoms with Crippen molar-refractivity contribution < 1.29 is 0 Å². The monoisotopic (exact) mass is 523 g/mol. The first-order valence-electron chi connectivity index (χ1n) is 13.9. The molecule has 0 fully saturated rings. The van der Waals surface area contributed by atoms with Crippen molar-refractivity contribution in [1.29, 1.82) is 0 Å². The van der Waals surface area contributed by atoms with Crippen LogP contribution in [0.2, 0.25) is 0 Å². The van der Waals surface area contributed by atoms with Gasteiger partial charge in [0.15, 0.2) is 0 Å². The maximum Gasteiger partial charge on any atom is 0.0969 e. The van der Waals surface area contributed by atoms with Crippen LogP contribution < -0.4 is 10.2 Å². The molecule has 1 aliphatic rings. The van der Waals surface area contributed by atoms with Crippen molar-refractivity contribution in [2.45, 2.75) is 31.7 Å². The molecule has 3 heteroatoms. The van der Waals surface area contributed by atoms with Crippen molar-refractivity contribution >= 4 is 33.5 Å². The Kier molecular flexibility index (Phi) is 8.12. The van der Waals surface area contributed by atoms with Gasteiger partial charge in [-0.05, 0) is 55.0 Å². The molecule has 3 nitrogen and oxygen atoms in total. The summed E-state index contributed by atoms with van der Waals surface area (Å²) in [5.74, 6) is 0.169. The molecule has 1 heterocycles. The van der Waals surface area contributed by atoms with Gasteiger partial charge in [0, 0.05) is 35.3 Å². The van der Waals surface area contributed by atoms with Gasteiger partial charge in [0.25, 0.3) is 0 Å². The maximum absolute atomic E-state index is 5.26. The Labute approximate surface area is 238 Å². The van der Waals surface area contributed by atoms with Crippen molar-refractivity contribution in [3.63, 3.8) is 0 Å². The van der Waals surface area contributed by atoms with Crippen LogP contribution in [0.25, 0.3) is 10.8 Å². The number of rotatable bonds is 10. The van der Waals surface area contributed by atoms with Crippen molar-refractivity contribution in [3.8, 4) is 0 Å². The van der Waals surface area contributed by atoms with Crippen LogP contribution in [0.3, 0.4) is 0 Å². The van der Waals surface area contributed by atoms with Gasteiger partial charge < -0.3 is 10.2 Å². The molecule has 2 atom stereocenters. The average molecular weight is 524 g/mol. The fourth-order valence-corrected chi connectivity index (χ4v) is 5.67. The van der Waals surface area contributed by atoms with Crippen LogP contribution in [0.5, 0.6) is 0 Å². The van der Waals surface area contributed by atoms with E-state index in [4.69, 9.17) is 4.99 Å². The molecule has 0 aromatic heterocycles. The van der Waals surface area contributed by atoms with Gasteiger partial charge in [-0.2, -0.15) is 0 Å². The Morgan fingerprint density at radius 3 is 2.42 bits per heavy atom. The fourth-order valence-electron chi connectivity index (χ4n) is 5.67. The fraction of sp³-hybridized carbons (Fsp3) is 0.162. The molecule has 0 radical (unpaired) electrons. The number of nitrogens with one attached hydrogen (secondary N) is 1. The number of hydrogen-bond donors (Lipinski definition) is 1. The quantitative estimate of drug-likeness (QED) is 0.210. The summed E-state index contributed by atoms with van der Waals surface area (Å²) >= 11 is 0. The molecule has 0 bridgehead atoms. The summed E-state index contributed by atoms with van der Waals surface area (Å²) in [6.45, 7) is 15.1. The molecule has 0 spiro atoms. The van der Waals surface area contributed by atoms with Crippen LogP contribution in [0, 0.1) is 0 Å². The lowest BCUT2D eigenvalue weighted by molar-refractivity contribution is 0.536. The van der Waals surface area contributed by atoms with E-state index in [1.807, 2.05) is 31.2 Å². The third kappa shape index (κ3) is 5.41. The Balaban J connectivity index is 1.56. The second-order valence-electron chi connectivity index (χ2n) is 10.3.